The summed E-state index contributed by atoms with van der Waals surface area (Å²) in [5.74, 6) is 0.515. The lowest BCUT2D eigenvalue weighted by molar-refractivity contribution is 0.0596. The van der Waals surface area contributed by atoms with Crippen LogP contribution < -0.4 is 24.8 Å². The Hall–Kier alpha value is -3.05. The fraction of sp³-hybridized carbons (Fsp3) is 0.522. The number of hydrogen-bond acceptors (Lipinski definition) is 9. The molecule has 11 heteroatoms. The number of ether oxygens (including phenoxy) is 4. The molecule has 0 bridgehead atoms. The van der Waals surface area contributed by atoms with Crippen molar-refractivity contribution in [1.82, 2.24) is 14.6 Å². The van der Waals surface area contributed by atoms with Gasteiger partial charge in [-0.1, -0.05) is 12.1 Å². The number of anilines is 1. The van der Waals surface area contributed by atoms with E-state index >= 15 is 0 Å². The quantitative estimate of drug-likeness (QED) is 0.342. The minimum Gasteiger partial charge on any atom is -0.493 e. The van der Waals surface area contributed by atoms with E-state index < -0.39 is 12.0 Å². The van der Waals surface area contributed by atoms with E-state index in [4.69, 9.17) is 18.9 Å². The Bertz CT molecular complexity index is 961. The number of hydrogen-bond donors (Lipinski definition) is 2. The predicted molar refractivity (Wildman–Crippen MR) is 129 cm³/mol. The molecule has 3 rings (SSSR count). The van der Waals surface area contributed by atoms with Crippen molar-refractivity contribution in [3.63, 3.8) is 0 Å². The number of carbonyl (C=O) groups excluding carboxylic acids is 2. The van der Waals surface area contributed by atoms with Gasteiger partial charge in [-0.2, -0.15) is 4.37 Å². The van der Waals surface area contributed by atoms with Crippen molar-refractivity contribution < 1.29 is 28.5 Å². The van der Waals surface area contributed by atoms with Gasteiger partial charge in [0.25, 0.3) is 0 Å². The number of urea groups is 1. The highest BCUT2D eigenvalue weighted by Gasteiger charge is 2.25. The van der Waals surface area contributed by atoms with Gasteiger partial charge in [0, 0.05) is 12.1 Å². The maximum atomic E-state index is 12.4. The molecule has 186 valence electrons. The maximum Gasteiger partial charge on any atom is 0.346 e. The van der Waals surface area contributed by atoms with E-state index in [0.29, 0.717) is 23.6 Å². The molecule has 34 heavy (non-hydrogen) atoms. The fourth-order valence-corrected chi connectivity index (χ4v) is 4.49. The molecule has 1 aliphatic heterocycles. The topological polar surface area (TPSA) is 111 Å². The number of methoxy groups -OCH3 is 3. The molecule has 2 amide bonds. The Kier molecular flexibility index (Phi) is 9.77. The Balaban J connectivity index is 1.57. The number of esters is 1. The molecule has 0 spiro atoms. The lowest BCUT2D eigenvalue weighted by Gasteiger charge is -2.14. The zero-order valence-electron chi connectivity index (χ0n) is 19.8. The van der Waals surface area contributed by atoms with Crippen molar-refractivity contribution in [1.29, 1.82) is 0 Å². The fourth-order valence-electron chi connectivity index (χ4n) is 3.77. The van der Waals surface area contributed by atoms with Crippen LogP contribution in [-0.4, -0.2) is 68.8 Å². The Labute approximate surface area is 203 Å². The molecule has 0 atom stereocenters. The van der Waals surface area contributed by atoms with Crippen molar-refractivity contribution in [2.24, 2.45) is 0 Å². The van der Waals surface area contributed by atoms with Crippen LogP contribution in [0.5, 0.6) is 17.4 Å². The molecule has 0 aliphatic carbocycles. The van der Waals surface area contributed by atoms with Gasteiger partial charge >= 0.3 is 12.0 Å². The first-order valence-corrected chi connectivity index (χ1v) is 12.0. The summed E-state index contributed by atoms with van der Waals surface area (Å²) in [5, 5.41) is 5.77. The molecular weight excluding hydrogens is 460 g/mol. The highest BCUT2D eigenvalue weighted by atomic mass is 32.1. The Morgan fingerprint density at radius 2 is 1.91 bits per heavy atom. The van der Waals surface area contributed by atoms with Gasteiger partial charge in [-0.05, 0) is 62.9 Å². The SMILES string of the molecule is COC(=O)c1c(OCc2cccc(OC)c2OC)nsc1NC(=O)NCCCCN1CCCC1. The average molecular weight is 493 g/mol. The Morgan fingerprint density at radius 1 is 1.12 bits per heavy atom. The third kappa shape index (κ3) is 6.73. The van der Waals surface area contributed by atoms with Crippen molar-refractivity contribution in [2.45, 2.75) is 32.3 Å². The monoisotopic (exact) mass is 492 g/mol. The van der Waals surface area contributed by atoms with Crippen molar-refractivity contribution in [2.75, 3.05) is 52.8 Å². The molecule has 10 nitrogen and oxygen atoms in total. The molecule has 1 aromatic carbocycles. The van der Waals surface area contributed by atoms with Gasteiger partial charge in [0.05, 0.1) is 21.3 Å². The lowest BCUT2D eigenvalue weighted by Crippen LogP contribution is -2.30. The van der Waals surface area contributed by atoms with E-state index in [1.807, 2.05) is 12.1 Å². The number of carbonyl (C=O) groups is 2. The van der Waals surface area contributed by atoms with E-state index in [1.165, 1.54) is 40.2 Å². The molecular formula is C23H32N4O6S. The largest absolute Gasteiger partial charge is 0.493 e. The zero-order valence-corrected chi connectivity index (χ0v) is 20.7. The van der Waals surface area contributed by atoms with Crippen molar-refractivity contribution in [3.05, 3.63) is 29.3 Å². The van der Waals surface area contributed by atoms with Gasteiger partial charge < -0.3 is 29.2 Å². The number of aromatic nitrogens is 1. The second kappa shape index (κ2) is 13.0. The van der Waals surface area contributed by atoms with Crippen LogP contribution in [0.25, 0.3) is 0 Å². The van der Waals surface area contributed by atoms with E-state index in [9.17, 15) is 9.59 Å². The molecule has 0 radical (unpaired) electrons. The minimum absolute atomic E-state index is 0.0681. The number of nitrogens with one attached hydrogen (secondary N) is 2. The zero-order chi connectivity index (χ0) is 24.3. The summed E-state index contributed by atoms with van der Waals surface area (Å²) in [7, 11) is 4.35. The van der Waals surface area contributed by atoms with E-state index in [-0.39, 0.29) is 23.1 Å². The predicted octanol–water partition coefficient (Wildman–Crippen LogP) is 3.52. The highest BCUT2D eigenvalue weighted by molar-refractivity contribution is 7.11. The number of amides is 2. The third-order valence-electron chi connectivity index (χ3n) is 5.51. The number of benzene rings is 1. The molecule has 2 N–H and O–H groups in total. The number of nitrogens with zero attached hydrogens (tertiary/aromatic N) is 2. The molecule has 1 aromatic heterocycles. The molecule has 2 heterocycles. The second-order valence-electron chi connectivity index (χ2n) is 7.76. The number of likely N-dealkylation sites (tertiary alicyclic amines) is 1. The van der Waals surface area contributed by atoms with Gasteiger partial charge in [-0.3, -0.25) is 5.32 Å². The summed E-state index contributed by atoms with van der Waals surface area (Å²) < 4.78 is 25.6. The molecule has 0 saturated carbocycles. The van der Waals surface area contributed by atoms with Crippen LogP contribution in [0, 0.1) is 0 Å². The summed E-state index contributed by atoms with van der Waals surface area (Å²) in [6.07, 6.45) is 4.46. The van der Waals surface area contributed by atoms with Gasteiger partial charge in [0.2, 0.25) is 5.88 Å². The number of rotatable bonds is 12. The molecule has 1 fully saturated rings. The van der Waals surface area contributed by atoms with Crippen LogP contribution in [-0.2, 0) is 11.3 Å². The summed E-state index contributed by atoms with van der Waals surface area (Å²) in [5.41, 5.74) is 0.783. The normalized spacial score (nSPS) is 13.4. The van der Waals surface area contributed by atoms with Crippen LogP contribution in [0.1, 0.15) is 41.6 Å². The summed E-state index contributed by atoms with van der Waals surface area (Å²) in [6.45, 7) is 4.03. The average Bonchev–Trinajstić information content (AvgIpc) is 3.51. The summed E-state index contributed by atoms with van der Waals surface area (Å²) in [6, 6.07) is 5.00. The highest BCUT2D eigenvalue weighted by Crippen LogP contribution is 2.34. The van der Waals surface area contributed by atoms with Crippen LogP contribution in [0.3, 0.4) is 0 Å². The standard InChI is InChI=1S/C23H32N4O6S/c1-30-17-10-8-9-16(19(17)31-2)15-33-20-18(22(28)32-3)21(34-26-20)25-23(29)24-11-4-5-12-27-13-6-7-14-27/h8-10H,4-7,11-15H2,1-3H3,(H2,24,25,29). The smallest absolute Gasteiger partial charge is 0.346 e. The summed E-state index contributed by atoms with van der Waals surface area (Å²) >= 11 is 0.951. The lowest BCUT2D eigenvalue weighted by atomic mass is 10.2. The number of unbranched alkanes of at least 4 members (excludes halogenated alkanes) is 1. The van der Waals surface area contributed by atoms with Crippen LogP contribution in [0.15, 0.2) is 18.2 Å². The van der Waals surface area contributed by atoms with E-state index in [0.717, 1.165) is 30.9 Å². The first-order valence-electron chi connectivity index (χ1n) is 11.2. The molecule has 2 aromatic rings. The molecule has 1 saturated heterocycles. The van der Waals surface area contributed by atoms with Crippen molar-refractivity contribution >= 4 is 28.5 Å². The first-order chi connectivity index (χ1) is 16.6. The van der Waals surface area contributed by atoms with Gasteiger partial charge in [-0.25, -0.2) is 9.59 Å². The van der Waals surface area contributed by atoms with Gasteiger partial charge in [0.15, 0.2) is 17.1 Å². The third-order valence-corrected chi connectivity index (χ3v) is 6.26. The van der Waals surface area contributed by atoms with Gasteiger partial charge in [0.1, 0.15) is 11.6 Å². The second-order valence-corrected chi connectivity index (χ2v) is 8.53. The molecule has 0 unspecified atom stereocenters. The maximum absolute atomic E-state index is 12.4. The number of para-hydroxylation sites is 1. The Morgan fingerprint density at radius 3 is 2.62 bits per heavy atom. The van der Waals surface area contributed by atoms with E-state index in [2.05, 4.69) is 19.9 Å². The molecule has 1 aliphatic rings. The van der Waals surface area contributed by atoms with Crippen molar-refractivity contribution in [3.8, 4) is 17.4 Å². The van der Waals surface area contributed by atoms with E-state index in [1.54, 1.807) is 13.2 Å². The van der Waals surface area contributed by atoms with Gasteiger partial charge in [-0.15, -0.1) is 0 Å². The van der Waals surface area contributed by atoms with Crippen LogP contribution in [0.4, 0.5) is 9.80 Å². The van der Waals surface area contributed by atoms with Crippen LogP contribution >= 0.6 is 11.5 Å². The summed E-state index contributed by atoms with van der Waals surface area (Å²) in [4.78, 5) is 27.2. The first kappa shape index (κ1) is 25.6. The van der Waals surface area contributed by atoms with Crippen LogP contribution in [0.2, 0.25) is 0 Å². The minimum atomic E-state index is -0.651.